The summed E-state index contributed by atoms with van der Waals surface area (Å²) in [7, 11) is 3.20. The molecule has 2 aromatic rings. The molecule has 5 nitrogen and oxygen atoms in total. The Bertz CT molecular complexity index is 558. The Morgan fingerprint density at radius 3 is 1.50 bits per heavy atom. The zero-order valence-corrected chi connectivity index (χ0v) is 12.7. The molecule has 0 aromatic heterocycles. The average Bonchev–Trinajstić information content (AvgIpc) is 2.55. The van der Waals surface area contributed by atoms with Crippen molar-refractivity contribution in [2.45, 2.75) is 13.1 Å². The molecule has 22 heavy (non-hydrogen) atoms. The molecule has 1 N–H and O–H groups in total. The van der Waals surface area contributed by atoms with Crippen LogP contribution in [0.5, 0.6) is 11.5 Å². The molecule has 2 aromatic carbocycles. The van der Waals surface area contributed by atoms with E-state index in [2.05, 4.69) is 0 Å². The van der Waals surface area contributed by atoms with Gasteiger partial charge in [0.05, 0.1) is 14.2 Å². The molecule has 116 valence electrons. The van der Waals surface area contributed by atoms with Crippen molar-refractivity contribution in [2.75, 3.05) is 14.2 Å². The molecule has 5 heteroatoms. The largest absolute Gasteiger partial charge is 0.497 e. The number of hydrogen-bond acceptors (Lipinski definition) is 3. The summed E-state index contributed by atoms with van der Waals surface area (Å²) in [6.45, 7) is 0.650. The summed E-state index contributed by atoms with van der Waals surface area (Å²) in [5.74, 6) is 1.50. The summed E-state index contributed by atoms with van der Waals surface area (Å²) in [4.78, 5) is 12.8. The van der Waals surface area contributed by atoms with E-state index in [1.54, 1.807) is 14.2 Å². The van der Waals surface area contributed by atoms with Gasteiger partial charge in [-0.1, -0.05) is 24.3 Å². The van der Waals surface area contributed by atoms with Gasteiger partial charge in [0.1, 0.15) is 11.5 Å². The van der Waals surface area contributed by atoms with E-state index >= 15 is 0 Å². The van der Waals surface area contributed by atoms with Crippen LogP contribution in [0.3, 0.4) is 0 Å². The minimum atomic E-state index is -0.952. The molecule has 0 aliphatic heterocycles. The zero-order chi connectivity index (χ0) is 15.9. The molecule has 0 atom stereocenters. The highest BCUT2D eigenvalue weighted by atomic mass is 16.5. The summed E-state index contributed by atoms with van der Waals surface area (Å²) in [5, 5.41) is 9.37. The molecular formula is C17H19NO4. The second-order valence-electron chi connectivity index (χ2n) is 4.83. The number of hydrogen-bond donors (Lipinski definition) is 1. The summed E-state index contributed by atoms with van der Waals surface area (Å²) < 4.78 is 10.2. The number of nitrogens with zero attached hydrogens (tertiary/aromatic N) is 1. The maximum atomic E-state index is 11.4. The zero-order valence-electron chi connectivity index (χ0n) is 12.7. The van der Waals surface area contributed by atoms with E-state index in [0.717, 1.165) is 22.6 Å². The number of amides is 1. The standard InChI is InChI=1S/C17H19NO4/c1-21-15-7-3-13(4-8-15)11-18(17(19)20)12-14-5-9-16(22-2)10-6-14/h3-10H,11-12H2,1-2H3,(H,19,20). The minimum absolute atomic E-state index is 0.325. The van der Waals surface area contributed by atoms with Crippen molar-refractivity contribution in [1.82, 2.24) is 4.90 Å². The second-order valence-corrected chi connectivity index (χ2v) is 4.83. The Labute approximate surface area is 129 Å². The fourth-order valence-electron chi connectivity index (χ4n) is 2.09. The first-order valence-electron chi connectivity index (χ1n) is 6.86. The Hall–Kier alpha value is -2.69. The van der Waals surface area contributed by atoms with Crippen molar-refractivity contribution in [1.29, 1.82) is 0 Å². The first-order chi connectivity index (χ1) is 10.6. The van der Waals surface area contributed by atoms with Crippen LogP contribution >= 0.6 is 0 Å². The predicted molar refractivity (Wildman–Crippen MR) is 83.3 cm³/mol. The van der Waals surface area contributed by atoms with Gasteiger partial charge >= 0.3 is 6.09 Å². The van der Waals surface area contributed by atoms with Crippen molar-refractivity contribution in [3.05, 3.63) is 59.7 Å². The van der Waals surface area contributed by atoms with Crippen LogP contribution < -0.4 is 9.47 Å². The summed E-state index contributed by atoms with van der Waals surface area (Å²) >= 11 is 0. The Kier molecular flexibility index (Phi) is 5.25. The first-order valence-corrected chi connectivity index (χ1v) is 6.86. The smallest absolute Gasteiger partial charge is 0.407 e. The Balaban J connectivity index is 2.06. The van der Waals surface area contributed by atoms with Crippen LogP contribution in [0.4, 0.5) is 4.79 Å². The molecule has 0 bridgehead atoms. The summed E-state index contributed by atoms with van der Waals surface area (Å²) in [5.41, 5.74) is 1.83. The van der Waals surface area contributed by atoms with Gasteiger partial charge in [0.25, 0.3) is 0 Å². The van der Waals surface area contributed by atoms with Gasteiger partial charge in [0.2, 0.25) is 0 Å². The highest BCUT2D eigenvalue weighted by Crippen LogP contribution is 2.16. The van der Waals surface area contributed by atoms with Gasteiger partial charge in [-0.25, -0.2) is 4.79 Å². The molecule has 0 saturated carbocycles. The lowest BCUT2D eigenvalue weighted by molar-refractivity contribution is 0.139. The van der Waals surface area contributed by atoms with Gasteiger partial charge in [0.15, 0.2) is 0 Å². The molecule has 0 aliphatic rings. The van der Waals surface area contributed by atoms with Crippen molar-refractivity contribution >= 4 is 6.09 Å². The van der Waals surface area contributed by atoms with Crippen LogP contribution in [0, 0.1) is 0 Å². The fourth-order valence-corrected chi connectivity index (χ4v) is 2.09. The van der Waals surface area contributed by atoms with Crippen LogP contribution in [0.1, 0.15) is 11.1 Å². The van der Waals surface area contributed by atoms with Crippen molar-refractivity contribution in [3.63, 3.8) is 0 Å². The molecular weight excluding hydrogens is 282 g/mol. The van der Waals surface area contributed by atoms with E-state index < -0.39 is 6.09 Å². The number of rotatable bonds is 6. The monoisotopic (exact) mass is 301 g/mol. The Morgan fingerprint density at radius 2 is 1.23 bits per heavy atom. The molecule has 2 rings (SSSR count). The lowest BCUT2D eigenvalue weighted by Crippen LogP contribution is -2.28. The van der Waals surface area contributed by atoms with Crippen LogP contribution in [-0.2, 0) is 13.1 Å². The summed E-state index contributed by atoms with van der Waals surface area (Å²) in [6, 6.07) is 14.7. The number of methoxy groups -OCH3 is 2. The van der Waals surface area contributed by atoms with Gasteiger partial charge < -0.3 is 14.6 Å². The molecule has 0 saturated heterocycles. The molecule has 0 aliphatic carbocycles. The van der Waals surface area contributed by atoms with Crippen molar-refractivity contribution < 1.29 is 19.4 Å². The van der Waals surface area contributed by atoms with E-state index in [9.17, 15) is 9.90 Å². The van der Waals surface area contributed by atoms with Gasteiger partial charge in [-0.05, 0) is 35.4 Å². The molecule has 0 heterocycles. The van der Waals surface area contributed by atoms with Gasteiger partial charge in [-0.15, -0.1) is 0 Å². The van der Waals surface area contributed by atoms with E-state index in [-0.39, 0.29) is 0 Å². The third-order valence-electron chi connectivity index (χ3n) is 3.34. The number of ether oxygens (including phenoxy) is 2. The third-order valence-corrected chi connectivity index (χ3v) is 3.34. The third kappa shape index (κ3) is 4.15. The van der Waals surface area contributed by atoms with Crippen molar-refractivity contribution in [2.24, 2.45) is 0 Å². The van der Waals surface area contributed by atoms with E-state index in [1.807, 2.05) is 48.5 Å². The molecule has 0 unspecified atom stereocenters. The fraction of sp³-hybridized carbons (Fsp3) is 0.235. The minimum Gasteiger partial charge on any atom is -0.497 e. The van der Waals surface area contributed by atoms with Gasteiger partial charge in [0, 0.05) is 13.1 Å². The lowest BCUT2D eigenvalue weighted by Gasteiger charge is -2.19. The SMILES string of the molecule is COc1ccc(CN(Cc2ccc(OC)cc2)C(=O)O)cc1. The van der Waals surface area contributed by atoms with Crippen LogP contribution in [0.2, 0.25) is 0 Å². The topological polar surface area (TPSA) is 59.0 Å². The highest BCUT2D eigenvalue weighted by Gasteiger charge is 2.13. The molecule has 0 fully saturated rings. The maximum Gasteiger partial charge on any atom is 0.407 e. The number of carbonyl (C=O) groups is 1. The average molecular weight is 301 g/mol. The number of benzene rings is 2. The number of carboxylic acid groups (broad SMARTS) is 1. The normalized spacial score (nSPS) is 10.1. The quantitative estimate of drug-likeness (QED) is 0.888. The maximum absolute atomic E-state index is 11.4. The van der Waals surface area contributed by atoms with Gasteiger partial charge in [-0.3, -0.25) is 4.90 Å². The van der Waals surface area contributed by atoms with Gasteiger partial charge in [-0.2, -0.15) is 0 Å². The lowest BCUT2D eigenvalue weighted by atomic mass is 10.1. The van der Waals surface area contributed by atoms with E-state index in [0.29, 0.717) is 13.1 Å². The van der Waals surface area contributed by atoms with Crippen molar-refractivity contribution in [3.8, 4) is 11.5 Å². The van der Waals surface area contributed by atoms with Crippen LogP contribution in [0.25, 0.3) is 0 Å². The molecule has 0 spiro atoms. The molecule has 0 radical (unpaired) electrons. The molecule has 1 amide bonds. The first kappa shape index (κ1) is 15.7. The highest BCUT2D eigenvalue weighted by molar-refractivity contribution is 5.65. The summed E-state index contributed by atoms with van der Waals surface area (Å²) in [6.07, 6.45) is -0.952. The van der Waals surface area contributed by atoms with Crippen LogP contribution in [0.15, 0.2) is 48.5 Å². The van der Waals surface area contributed by atoms with E-state index in [4.69, 9.17) is 9.47 Å². The van der Waals surface area contributed by atoms with Crippen LogP contribution in [-0.4, -0.2) is 30.3 Å². The Morgan fingerprint density at radius 1 is 0.864 bits per heavy atom. The second kappa shape index (κ2) is 7.36. The predicted octanol–water partition coefficient (Wildman–Crippen LogP) is 3.38. The van der Waals surface area contributed by atoms with E-state index in [1.165, 1.54) is 4.90 Å².